The fraction of sp³-hybridized carbons (Fsp3) is 0.235. The molecule has 1 aliphatic rings. The first-order valence-electron chi connectivity index (χ1n) is 6.90. The van der Waals surface area contributed by atoms with Gasteiger partial charge in [-0.25, -0.2) is 0 Å². The highest BCUT2D eigenvalue weighted by atomic mass is 16.5. The summed E-state index contributed by atoms with van der Waals surface area (Å²) in [6.45, 7) is 1.38. The number of rotatable bonds is 4. The molecule has 1 saturated heterocycles. The molecule has 1 fully saturated rings. The number of ether oxygens (including phenoxy) is 1. The van der Waals surface area contributed by atoms with Gasteiger partial charge in [0.25, 0.3) is 0 Å². The van der Waals surface area contributed by atoms with Crippen molar-refractivity contribution in [2.24, 2.45) is 0 Å². The van der Waals surface area contributed by atoms with Crippen LogP contribution in [-0.2, 0) is 11.4 Å². The van der Waals surface area contributed by atoms with Crippen LogP contribution in [0, 0.1) is 0 Å². The Morgan fingerprint density at radius 1 is 1.00 bits per heavy atom. The van der Waals surface area contributed by atoms with Gasteiger partial charge in [0.1, 0.15) is 12.4 Å². The molecule has 1 aliphatic heterocycles. The van der Waals surface area contributed by atoms with Crippen LogP contribution < -0.4 is 9.64 Å². The smallest absolute Gasteiger partial charge is 0.227 e. The molecular formula is C17H17NO2. The van der Waals surface area contributed by atoms with E-state index in [1.807, 2.05) is 59.5 Å². The lowest BCUT2D eigenvalue weighted by atomic mass is 10.2. The van der Waals surface area contributed by atoms with Gasteiger partial charge in [0, 0.05) is 18.7 Å². The summed E-state index contributed by atoms with van der Waals surface area (Å²) in [5.74, 6) is 1.03. The predicted octanol–water partition coefficient (Wildman–Crippen LogP) is 3.39. The van der Waals surface area contributed by atoms with Crippen LogP contribution in [0.25, 0.3) is 0 Å². The van der Waals surface area contributed by atoms with Crippen molar-refractivity contribution in [3.63, 3.8) is 0 Å². The molecule has 0 N–H and O–H groups in total. The molecule has 0 aliphatic carbocycles. The summed E-state index contributed by atoms with van der Waals surface area (Å²) in [6.07, 6.45) is 1.61. The molecule has 0 aromatic heterocycles. The Morgan fingerprint density at radius 2 is 1.75 bits per heavy atom. The Morgan fingerprint density at radius 3 is 2.40 bits per heavy atom. The Hall–Kier alpha value is -2.29. The largest absolute Gasteiger partial charge is 0.489 e. The van der Waals surface area contributed by atoms with Gasteiger partial charge in [0.05, 0.1) is 0 Å². The summed E-state index contributed by atoms with van der Waals surface area (Å²) in [7, 11) is 0. The first-order valence-corrected chi connectivity index (χ1v) is 6.90. The van der Waals surface area contributed by atoms with Crippen LogP contribution in [0.15, 0.2) is 54.6 Å². The van der Waals surface area contributed by atoms with Gasteiger partial charge in [-0.15, -0.1) is 0 Å². The molecule has 2 aromatic carbocycles. The molecule has 1 heterocycles. The van der Waals surface area contributed by atoms with E-state index in [0.717, 1.165) is 30.0 Å². The topological polar surface area (TPSA) is 29.5 Å². The number of amides is 1. The monoisotopic (exact) mass is 267 g/mol. The Labute approximate surface area is 118 Å². The van der Waals surface area contributed by atoms with Crippen LogP contribution in [0.4, 0.5) is 5.69 Å². The van der Waals surface area contributed by atoms with Gasteiger partial charge in [0.2, 0.25) is 5.91 Å². The lowest BCUT2D eigenvalue weighted by molar-refractivity contribution is -0.117. The van der Waals surface area contributed by atoms with Crippen LogP contribution >= 0.6 is 0 Å². The fourth-order valence-electron chi connectivity index (χ4n) is 2.38. The second kappa shape index (κ2) is 5.78. The normalized spacial score (nSPS) is 14.6. The molecule has 20 heavy (non-hydrogen) atoms. The maximum Gasteiger partial charge on any atom is 0.227 e. The summed E-state index contributed by atoms with van der Waals surface area (Å²) in [6, 6.07) is 17.8. The van der Waals surface area contributed by atoms with Crippen molar-refractivity contribution in [1.29, 1.82) is 0 Å². The third-order valence-electron chi connectivity index (χ3n) is 3.47. The molecule has 0 saturated carbocycles. The molecule has 0 unspecified atom stereocenters. The minimum atomic E-state index is 0.211. The molecule has 102 valence electrons. The average Bonchev–Trinajstić information content (AvgIpc) is 2.93. The van der Waals surface area contributed by atoms with Crippen molar-refractivity contribution in [1.82, 2.24) is 0 Å². The number of carbonyl (C=O) groups excluding carboxylic acids is 1. The highest BCUT2D eigenvalue weighted by Gasteiger charge is 2.21. The van der Waals surface area contributed by atoms with Crippen LogP contribution in [0.1, 0.15) is 18.4 Å². The summed E-state index contributed by atoms with van der Waals surface area (Å²) < 4.78 is 5.73. The highest BCUT2D eigenvalue weighted by Crippen LogP contribution is 2.24. The first kappa shape index (κ1) is 12.7. The number of nitrogens with zero attached hydrogens (tertiary/aromatic N) is 1. The van der Waals surface area contributed by atoms with Gasteiger partial charge in [-0.3, -0.25) is 4.79 Å². The second-order valence-corrected chi connectivity index (χ2v) is 4.92. The maximum atomic E-state index is 11.7. The quantitative estimate of drug-likeness (QED) is 0.849. The van der Waals surface area contributed by atoms with Crippen LogP contribution in [0.3, 0.4) is 0 Å². The molecule has 0 spiro atoms. The van der Waals surface area contributed by atoms with E-state index in [9.17, 15) is 4.79 Å². The molecule has 0 bridgehead atoms. The average molecular weight is 267 g/mol. The third kappa shape index (κ3) is 2.82. The van der Waals surface area contributed by atoms with Gasteiger partial charge in [-0.05, 0) is 36.2 Å². The number of hydrogen-bond acceptors (Lipinski definition) is 2. The van der Waals surface area contributed by atoms with E-state index < -0.39 is 0 Å². The van der Waals surface area contributed by atoms with Crippen molar-refractivity contribution in [2.45, 2.75) is 19.4 Å². The summed E-state index contributed by atoms with van der Waals surface area (Å²) >= 11 is 0. The standard InChI is InChI=1S/C17H17NO2/c19-17-7-4-12-18(17)15-8-10-16(11-9-15)20-13-14-5-2-1-3-6-14/h1-3,5-6,8-11H,4,7,12-13H2. The molecule has 0 radical (unpaired) electrons. The Bertz CT molecular complexity index is 578. The zero-order chi connectivity index (χ0) is 13.8. The fourth-order valence-corrected chi connectivity index (χ4v) is 2.38. The number of anilines is 1. The van der Waals surface area contributed by atoms with Crippen molar-refractivity contribution >= 4 is 11.6 Å². The molecule has 3 nitrogen and oxygen atoms in total. The van der Waals surface area contributed by atoms with Gasteiger partial charge in [-0.2, -0.15) is 0 Å². The van der Waals surface area contributed by atoms with Crippen molar-refractivity contribution in [3.05, 3.63) is 60.2 Å². The van der Waals surface area contributed by atoms with Crippen molar-refractivity contribution in [3.8, 4) is 5.75 Å². The number of hydrogen-bond donors (Lipinski definition) is 0. The first-order chi connectivity index (χ1) is 9.83. The Kier molecular flexibility index (Phi) is 3.68. The van der Waals surface area contributed by atoms with E-state index in [1.165, 1.54) is 0 Å². The second-order valence-electron chi connectivity index (χ2n) is 4.92. The zero-order valence-corrected chi connectivity index (χ0v) is 11.3. The molecule has 1 amide bonds. The van der Waals surface area contributed by atoms with Gasteiger partial charge < -0.3 is 9.64 Å². The van der Waals surface area contributed by atoms with Gasteiger partial charge in [0.15, 0.2) is 0 Å². The SMILES string of the molecule is O=C1CCCN1c1ccc(OCc2ccccc2)cc1. The van der Waals surface area contributed by atoms with E-state index in [4.69, 9.17) is 4.74 Å². The van der Waals surface area contributed by atoms with Gasteiger partial charge in [-0.1, -0.05) is 30.3 Å². The van der Waals surface area contributed by atoms with Crippen LogP contribution in [0.2, 0.25) is 0 Å². The van der Waals surface area contributed by atoms with E-state index in [-0.39, 0.29) is 5.91 Å². The van der Waals surface area contributed by atoms with Crippen LogP contribution in [0.5, 0.6) is 5.75 Å². The summed E-state index contributed by atoms with van der Waals surface area (Å²) in [5, 5.41) is 0. The lowest BCUT2D eigenvalue weighted by Gasteiger charge is -2.16. The highest BCUT2D eigenvalue weighted by molar-refractivity contribution is 5.95. The molecule has 3 rings (SSSR count). The van der Waals surface area contributed by atoms with E-state index >= 15 is 0 Å². The van der Waals surface area contributed by atoms with Crippen molar-refractivity contribution < 1.29 is 9.53 Å². The number of carbonyl (C=O) groups is 1. The van der Waals surface area contributed by atoms with Gasteiger partial charge >= 0.3 is 0 Å². The van der Waals surface area contributed by atoms with E-state index in [2.05, 4.69) is 0 Å². The minimum Gasteiger partial charge on any atom is -0.489 e. The zero-order valence-electron chi connectivity index (χ0n) is 11.3. The van der Waals surface area contributed by atoms with Crippen LogP contribution in [-0.4, -0.2) is 12.5 Å². The molecule has 3 heteroatoms. The molecule has 2 aromatic rings. The lowest BCUT2D eigenvalue weighted by Crippen LogP contribution is -2.23. The Balaban J connectivity index is 1.63. The third-order valence-corrected chi connectivity index (χ3v) is 3.47. The maximum absolute atomic E-state index is 11.7. The summed E-state index contributed by atoms with van der Waals surface area (Å²) in [4.78, 5) is 13.5. The minimum absolute atomic E-state index is 0.211. The van der Waals surface area contributed by atoms with E-state index in [1.54, 1.807) is 0 Å². The predicted molar refractivity (Wildman–Crippen MR) is 78.8 cm³/mol. The van der Waals surface area contributed by atoms with Crippen molar-refractivity contribution in [2.75, 3.05) is 11.4 Å². The molecular weight excluding hydrogens is 250 g/mol. The summed E-state index contributed by atoms with van der Waals surface area (Å²) in [5.41, 5.74) is 2.10. The van der Waals surface area contributed by atoms with E-state index in [0.29, 0.717) is 13.0 Å². The number of benzene rings is 2. The molecule has 0 atom stereocenters.